The summed E-state index contributed by atoms with van der Waals surface area (Å²) in [6.07, 6.45) is 3.67. The second kappa shape index (κ2) is 6.91. The summed E-state index contributed by atoms with van der Waals surface area (Å²) in [5.74, 6) is -0.179. The number of sulfonamides is 1. The van der Waals surface area contributed by atoms with Crippen molar-refractivity contribution >= 4 is 15.9 Å². The number of rotatable bonds is 7. The quantitative estimate of drug-likeness (QED) is 0.294. The fourth-order valence-corrected chi connectivity index (χ4v) is 3.75. The van der Waals surface area contributed by atoms with E-state index in [1.807, 2.05) is 0 Å². The maximum Gasteiger partial charge on any atom is 0.217 e. The van der Waals surface area contributed by atoms with Crippen LogP contribution >= 0.6 is 0 Å². The molecule has 7 nitrogen and oxygen atoms in total. The van der Waals surface area contributed by atoms with Gasteiger partial charge in [-0.3, -0.25) is 0 Å². The number of hydrogen-bond donors (Lipinski definition) is 2. The summed E-state index contributed by atoms with van der Waals surface area (Å²) < 4.78 is 30.5. The van der Waals surface area contributed by atoms with Gasteiger partial charge in [0.25, 0.3) is 0 Å². The predicted octanol–water partition coefficient (Wildman–Crippen LogP) is -0.0464. The Hall–Kier alpha value is -0.860. The number of hydrogen-bond acceptors (Lipinski definition) is 5. The van der Waals surface area contributed by atoms with Crippen molar-refractivity contribution in [1.29, 1.82) is 0 Å². The maximum atomic E-state index is 12.2. The standard InChI is InChI=1S/C10H21N3O4S/c1-17-6-7-18(15,16)13(8-10(11)12-14)9-4-2-3-5-9/h9,14H,2-8H2,1H3,(H2,11,12). The summed E-state index contributed by atoms with van der Waals surface area (Å²) in [6.45, 7) is 0.0783. The number of amidine groups is 1. The van der Waals surface area contributed by atoms with E-state index in [1.54, 1.807) is 0 Å². The Balaban J connectivity index is 2.81. The molecule has 0 amide bonds. The maximum absolute atomic E-state index is 12.2. The summed E-state index contributed by atoms with van der Waals surface area (Å²) in [6, 6.07) is -0.0489. The normalized spacial score (nSPS) is 18.7. The molecule has 0 bridgehead atoms. The highest BCUT2D eigenvalue weighted by Crippen LogP contribution is 2.25. The van der Waals surface area contributed by atoms with E-state index in [4.69, 9.17) is 15.7 Å². The van der Waals surface area contributed by atoms with Gasteiger partial charge in [-0.15, -0.1) is 0 Å². The highest BCUT2D eigenvalue weighted by molar-refractivity contribution is 7.89. The van der Waals surface area contributed by atoms with Gasteiger partial charge in [-0.05, 0) is 12.8 Å². The van der Waals surface area contributed by atoms with E-state index >= 15 is 0 Å². The minimum atomic E-state index is -3.44. The molecular weight excluding hydrogens is 258 g/mol. The second-order valence-corrected chi connectivity index (χ2v) is 6.42. The number of nitrogens with zero attached hydrogens (tertiary/aromatic N) is 2. The van der Waals surface area contributed by atoms with Crippen molar-refractivity contribution in [3.05, 3.63) is 0 Å². The first-order chi connectivity index (χ1) is 8.51. The second-order valence-electron chi connectivity index (χ2n) is 4.38. The van der Waals surface area contributed by atoms with Crippen molar-refractivity contribution in [3.63, 3.8) is 0 Å². The molecule has 0 atom stereocenters. The van der Waals surface area contributed by atoms with Gasteiger partial charge in [-0.1, -0.05) is 18.0 Å². The Bertz CT molecular complexity index is 377. The van der Waals surface area contributed by atoms with Gasteiger partial charge < -0.3 is 15.7 Å². The van der Waals surface area contributed by atoms with Crippen molar-refractivity contribution in [2.75, 3.05) is 26.0 Å². The van der Waals surface area contributed by atoms with Crippen LogP contribution in [0.25, 0.3) is 0 Å². The Morgan fingerprint density at radius 3 is 2.61 bits per heavy atom. The van der Waals surface area contributed by atoms with Gasteiger partial charge in [0, 0.05) is 13.2 Å². The first-order valence-electron chi connectivity index (χ1n) is 5.96. The van der Waals surface area contributed by atoms with E-state index in [1.165, 1.54) is 11.4 Å². The highest BCUT2D eigenvalue weighted by atomic mass is 32.2. The zero-order chi connectivity index (χ0) is 13.6. The number of oxime groups is 1. The average molecular weight is 279 g/mol. The molecule has 106 valence electrons. The van der Waals surface area contributed by atoms with Crippen LogP contribution in [0.5, 0.6) is 0 Å². The minimum Gasteiger partial charge on any atom is -0.409 e. The minimum absolute atomic E-state index is 0.0489. The molecule has 0 saturated heterocycles. The molecule has 0 radical (unpaired) electrons. The number of ether oxygens (including phenoxy) is 1. The lowest BCUT2D eigenvalue weighted by Crippen LogP contribution is -2.45. The smallest absolute Gasteiger partial charge is 0.217 e. The Kier molecular flexibility index (Phi) is 5.83. The monoisotopic (exact) mass is 279 g/mol. The van der Waals surface area contributed by atoms with Gasteiger partial charge in [0.05, 0.1) is 18.9 Å². The fraction of sp³-hybridized carbons (Fsp3) is 0.900. The third-order valence-corrected chi connectivity index (χ3v) is 4.91. The van der Waals surface area contributed by atoms with Crippen molar-refractivity contribution in [2.24, 2.45) is 10.9 Å². The summed E-state index contributed by atoms with van der Waals surface area (Å²) in [5.41, 5.74) is 5.43. The van der Waals surface area contributed by atoms with Gasteiger partial charge in [-0.2, -0.15) is 4.31 Å². The molecule has 1 aliphatic rings. The molecule has 1 fully saturated rings. The van der Waals surface area contributed by atoms with E-state index in [9.17, 15) is 8.42 Å². The van der Waals surface area contributed by atoms with Crippen molar-refractivity contribution in [3.8, 4) is 0 Å². The molecule has 1 saturated carbocycles. The van der Waals surface area contributed by atoms with Crippen LogP contribution in [-0.4, -0.2) is 55.8 Å². The summed E-state index contributed by atoms with van der Waals surface area (Å²) in [4.78, 5) is 0. The van der Waals surface area contributed by atoms with Crippen LogP contribution in [0.4, 0.5) is 0 Å². The van der Waals surface area contributed by atoms with E-state index in [2.05, 4.69) is 5.16 Å². The lowest BCUT2D eigenvalue weighted by molar-refractivity contribution is 0.214. The molecule has 0 aromatic carbocycles. The molecule has 1 aliphatic carbocycles. The molecule has 1 rings (SSSR count). The average Bonchev–Trinajstić information content (AvgIpc) is 2.86. The SMILES string of the molecule is COCCS(=O)(=O)N(CC(N)=NO)C1CCCC1. The topological polar surface area (TPSA) is 105 Å². The highest BCUT2D eigenvalue weighted by Gasteiger charge is 2.32. The third-order valence-electron chi connectivity index (χ3n) is 3.08. The molecule has 0 aliphatic heterocycles. The van der Waals surface area contributed by atoms with E-state index in [0.29, 0.717) is 0 Å². The van der Waals surface area contributed by atoms with Gasteiger partial charge in [-0.25, -0.2) is 8.42 Å². The van der Waals surface area contributed by atoms with Gasteiger partial charge in [0.1, 0.15) is 0 Å². The molecular formula is C10H21N3O4S. The molecule has 0 aromatic rings. The fourth-order valence-electron chi connectivity index (χ4n) is 2.14. The van der Waals surface area contributed by atoms with E-state index in [0.717, 1.165) is 25.7 Å². The van der Waals surface area contributed by atoms with Crippen LogP contribution in [0.3, 0.4) is 0 Å². The molecule has 0 aromatic heterocycles. The molecule has 0 heterocycles. The van der Waals surface area contributed by atoms with Gasteiger partial charge in [0.15, 0.2) is 5.84 Å². The first-order valence-corrected chi connectivity index (χ1v) is 7.57. The lowest BCUT2D eigenvalue weighted by atomic mass is 10.2. The summed E-state index contributed by atoms with van der Waals surface area (Å²) >= 11 is 0. The molecule has 3 N–H and O–H groups in total. The van der Waals surface area contributed by atoms with Crippen molar-refractivity contribution in [2.45, 2.75) is 31.7 Å². The Labute approximate surface area is 108 Å². The van der Waals surface area contributed by atoms with Gasteiger partial charge in [0.2, 0.25) is 10.0 Å². The van der Waals surface area contributed by atoms with Gasteiger partial charge >= 0.3 is 0 Å². The van der Waals surface area contributed by atoms with Crippen LogP contribution in [0.1, 0.15) is 25.7 Å². The Morgan fingerprint density at radius 1 is 1.50 bits per heavy atom. The first kappa shape index (κ1) is 15.2. The van der Waals surface area contributed by atoms with Crippen LogP contribution in [0.2, 0.25) is 0 Å². The van der Waals surface area contributed by atoms with Crippen LogP contribution in [0.15, 0.2) is 5.16 Å². The summed E-state index contributed by atoms with van der Waals surface area (Å²) in [5, 5.41) is 11.4. The molecule has 0 spiro atoms. The zero-order valence-corrected chi connectivity index (χ0v) is 11.4. The largest absolute Gasteiger partial charge is 0.409 e. The van der Waals surface area contributed by atoms with E-state index in [-0.39, 0.29) is 30.8 Å². The van der Waals surface area contributed by atoms with Crippen LogP contribution < -0.4 is 5.73 Å². The molecule has 8 heteroatoms. The third kappa shape index (κ3) is 4.11. The zero-order valence-electron chi connectivity index (χ0n) is 10.6. The molecule has 0 unspecified atom stereocenters. The number of nitrogens with two attached hydrogens (primary N) is 1. The number of methoxy groups -OCH3 is 1. The van der Waals surface area contributed by atoms with Crippen LogP contribution in [0, 0.1) is 0 Å². The van der Waals surface area contributed by atoms with Crippen molar-refractivity contribution in [1.82, 2.24) is 4.31 Å². The van der Waals surface area contributed by atoms with Crippen LogP contribution in [-0.2, 0) is 14.8 Å². The molecule has 18 heavy (non-hydrogen) atoms. The van der Waals surface area contributed by atoms with Crippen molar-refractivity contribution < 1.29 is 18.4 Å². The summed E-state index contributed by atoms with van der Waals surface area (Å²) in [7, 11) is -1.98. The van der Waals surface area contributed by atoms with E-state index < -0.39 is 10.0 Å². The Morgan fingerprint density at radius 2 is 2.11 bits per heavy atom. The lowest BCUT2D eigenvalue weighted by Gasteiger charge is -2.27. The predicted molar refractivity (Wildman–Crippen MR) is 68.0 cm³/mol.